The van der Waals surface area contributed by atoms with Gasteiger partial charge in [0.15, 0.2) is 0 Å². The van der Waals surface area contributed by atoms with Crippen molar-refractivity contribution in [2.45, 2.75) is 32.6 Å². The lowest BCUT2D eigenvalue weighted by Crippen LogP contribution is -2.33. The van der Waals surface area contributed by atoms with Crippen LogP contribution in [-0.2, 0) is 5.41 Å². The molecule has 14 heavy (non-hydrogen) atoms. The summed E-state index contributed by atoms with van der Waals surface area (Å²) in [5.41, 5.74) is 6.70. The van der Waals surface area contributed by atoms with Gasteiger partial charge in [0.2, 0.25) is 0 Å². The quantitative estimate of drug-likeness (QED) is 0.769. The number of hydrogen-bond acceptors (Lipinski definition) is 3. The maximum atomic E-state index is 9.01. The second-order valence-corrected chi connectivity index (χ2v) is 4.07. The molecule has 0 fully saturated rings. The van der Waals surface area contributed by atoms with Crippen LogP contribution < -0.4 is 5.73 Å². The van der Waals surface area contributed by atoms with Crippen molar-refractivity contribution >= 4 is 0 Å². The van der Waals surface area contributed by atoms with Gasteiger partial charge in [0.05, 0.1) is 0 Å². The molecule has 1 unspecified atom stereocenters. The Morgan fingerprint density at radius 2 is 2.14 bits per heavy atom. The number of aryl methyl sites for hydroxylation is 2. The van der Waals surface area contributed by atoms with Crippen molar-refractivity contribution in [1.82, 2.24) is 0 Å². The van der Waals surface area contributed by atoms with Gasteiger partial charge in [-0.05, 0) is 26.3 Å². The van der Waals surface area contributed by atoms with E-state index in [1.165, 1.54) is 0 Å². The van der Waals surface area contributed by atoms with Crippen LogP contribution in [0.2, 0.25) is 0 Å². The largest absolute Gasteiger partial charge is 0.466 e. The summed E-state index contributed by atoms with van der Waals surface area (Å²) in [6, 6.07) is 2.01. The molecule has 1 atom stereocenters. The minimum absolute atomic E-state index is 0.150. The molecule has 1 aromatic heterocycles. The number of furan rings is 1. The number of nitrogens with two attached hydrogens (primary N) is 1. The molecule has 1 aromatic rings. The summed E-state index contributed by atoms with van der Waals surface area (Å²) in [5, 5.41) is 9.01. The Morgan fingerprint density at radius 3 is 2.50 bits per heavy atom. The minimum atomic E-state index is -0.170. The van der Waals surface area contributed by atoms with Crippen molar-refractivity contribution in [2.24, 2.45) is 5.73 Å². The van der Waals surface area contributed by atoms with Crippen molar-refractivity contribution in [3.63, 3.8) is 0 Å². The van der Waals surface area contributed by atoms with Crippen LogP contribution >= 0.6 is 0 Å². The normalized spacial score (nSPS) is 15.5. The smallest absolute Gasteiger partial charge is 0.104 e. The summed E-state index contributed by atoms with van der Waals surface area (Å²) in [6.07, 6.45) is 0.670. The van der Waals surface area contributed by atoms with Crippen molar-refractivity contribution in [3.8, 4) is 0 Å². The number of aliphatic hydroxyl groups is 1. The first kappa shape index (κ1) is 11.3. The molecule has 3 N–H and O–H groups in total. The van der Waals surface area contributed by atoms with Crippen LogP contribution in [0.25, 0.3) is 0 Å². The van der Waals surface area contributed by atoms with E-state index < -0.39 is 0 Å². The molecule has 80 valence electrons. The molecule has 0 aromatic carbocycles. The van der Waals surface area contributed by atoms with E-state index in [2.05, 4.69) is 6.92 Å². The van der Waals surface area contributed by atoms with Gasteiger partial charge in [-0.3, -0.25) is 0 Å². The highest BCUT2D eigenvalue weighted by Crippen LogP contribution is 2.31. The van der Waals surface area contributed by atoms with Gasteiger partial charge in [0, 0.05) is 24.1 Å². The molecular formula is C11H19NO2. The van der Waals surface area contributed by atoms with Crippen LogP contribution in [0.15, 0.2) is 10.5 Å². The molecule has 0 spiro atoms. The molecule has 1 heterocycles. The van der Waals surface area contributed by atoms with Gasteiger partial charge in [-0.1, -0.05) is 6.92 Å². The second kappa shape index (κ2) is 4.15. The zero-order valence-electron chi connectivity index (χ0n) is 9.13. The first-order chi connectivity index (χ1) is 6.53. The van der Waals surface area contributed by atoms with Crippen LogP contribution in [0.1, 0.15) is 30.4 Å². The van der Waals surface area contributed by atoms with E-state index in [1.54, 1.807) is 0 Å². The van der Waals surface area contributed by atoms with Crippen molar-refractivity contribution < 1.29 is 9.52 Å². The zero-order valence-corrected chi connectivity index (χ0v) is 9.13. The molecule has 0 saturated carbocycles. The maximum Gasteiger partial charge on any atom is 0.104 e. The lowest BCUT2D eigenvalue weighted by Gasteiger charge is -2.26. The van der Waals surface area contributed by atoms with Gasteiger partial charge >= 0.3 is 0 Å². The molecule has 0 aliphatic carbocycles. The van der Waals surface area contributed by atoms with E-state index in [1.807, 2.05) is 19.9 Å². The second-order valence-electron chi connectivity index (χ2n) is 4.07. The van der Waals surface area contributed by atoms with Crippen molar-refractivity contribution in [1.29, 1.82) is 0 Å². The Morgan fingerprint density at radius 1 is 1.50 bits per heavy atom. The summed E-state index contributed by atoms with van der Waals surface area (Å²) in [5.74, 6) is 1.80. The van der Waals surface area contributed by atoms with E-state index >= 15 is 0 Å². The molecule has 0 bridgehead atoms. The lowest BCUT2D eigenvalue weighted by molar-refractivity contribution is 0.246. The zero-order chi connectivity index (χ0) is 10.8. The van der Waals surface area contributed by atoms with Crippen LogP contribution in [0.4, 0.5) is 0 Å². The SMILES string of the molecule is Cc1cc(C(C)(CN)CCO)c(C)o1. The first-order valence-electron chi connectivity index (χ1n) is 4.92. The minimum Gasteiger partial charge on any atom is -0.466 e. The summed E-state index contributed by atoms with van der Waals surface area (Å²) in [4.78, 5) is 0. The van der Waals surface area contributed by atoms with Crippen LogP contribution in [-0.4, -0.2) is 18.3 Å². The Kier molecular flexibility index (Phi) is 3.34. The van der Waals surface area contributed by atoms with E-state index in [0.29, 0.717) is 13.0 Å². The highest BCUT2D eigenvalue weighted by atomic mass is 16.3. The topological polar surface area (TPSA) is 59.4 Å². The third-order valence-electron chi connectivity index (χ3n) is 2.81. The van der Waals surface area contributed by atoms with Gasteiger partial charge in [0.1, 0.15) is 11.5 Å². The Balaban J connectivity index is 3.04. The standard InChI is InChI=1S/C11H19NO2/c1-8-6-10(9(2)14-8)11(3,7-12)4-5-13/h6,13H,4-5,7,12H2,1-3H3. The Bertz CT molecular complexity index is 306. The summed E-state index contributed by atoms with van der Waals surface area (Å²) < 4.78 is 5.47. The molecule has 0 saturated heterocycles. The fourth-order valence-electron chi connectivity index (χ4n) is 1.82. The van der Waals surface area contributed by atoms with E-state index in [9.17, 15) is 0 Å². The molecule has 0 radical (unpaired) electrons. The maximum absolute atomic E-state index is 9.01. The monoisotopic (exact) mass is 197 g/mol. The van der Waals surface area contributed by atoms with E-state index in [-0.39, 0.29) is 12.0 Å². The average Bonchev–Trinajstić information content (AvgIpc) is 2.46. The summed E-state index contributed by atoms with van der Waals surface area (Å²) >= 11 is 0. The molecular weight excluding hydrogens is 178 g/mol. The highest BCUT2D eigenvalue weighted by Gasteiger charge is 2.28. The number of hydrogen-bond donors (Lipinski definition) is 2. The van der Waals surface area contributed by atoms with Crippen LogP contribution in [0.3, 0.4) is 0 Å². The fraction of sp³-hybridized carbons (Fsp3) is 0.636. The molecule has 0 aliphatic heterocycles. The third-order valence-corrected chi connectivity index (χ3v) is 2.81. The van der Waals surface area contributed by atoms with Gasteiger partial charge in [-0.15, -0.1) is 0 Å². The van der Waals surface area contributed by atoms with Gasteiger partial charge in [0.25, 0.3) is 0 Å². The third kappa shape index (κ3) is 1.99. The lowest BCUT2D eigenvalue weighted by atomic mass is 9.80. The van der Waals surface area contributed by atoms with Crippen molar-refractivity contribution in [3.05, 3.63) is 23.2 Å². The number of aliphatic hydroxyl groups excluding tert-OH is 1. The van der Waals surface area contributed by atoms with Gasteiger partial charge in [-0.25, -0.2) is 0 Å². The molecule has 3 nitrogen and oxygen atoms in total. The van der Waals surface area contributed by atoms with Gasteiger partial charge < -0.3 is 15.3 Å². The van der Waals surface area contributed by atoms with Crippen LogP contribution in [0.5, 0.6) is 0 Å². The van der Waals surface area contributed by atoms with Gasteiger partial charge in [-0.2, -0.15) is 0 Å². The molecule has 0 aliphatic rings. The fourth-order valence-corrected chi connectivity index (χ4v) is 1.82. The Hall–Kier alpha value is -0.800. The predicted octanol–water partition coefficient (Wildman–Crippen LogP) is 1.50. The molecule has 0 amide bonds. The summed E-state index contributed by atoms with van der Waals surface area (Å²) in [7, 11) is 0. The highest BCUT2D eigenvalue weighted by molar-refractivity contribution is 5.29. The Labute approximate surface area is 84.9 Å². The summed E-state index contributed by atoms with van der Waals surface area (Å²) in [6.45, 7) is 6.59. The van der Waals surface area contributed by atoms with E-state index in [0.717, 1.165) is 17.1 Å². The van der Waals surface area contributed by atoms with Crippen LogP contribution in [0, 0.1) is 13.8 Å². The molecule has 1 rings (SSSR count). The average molecular weight is 197 g/mol. The predicted molar refractivity (Wildman–Crippen MR) is 56.3 cm³/mol. The van der Waals surface area contributed by atoms with Crippen molar-refractivity contribution in [2.75, 3.05) is 13.2 Å². The molecule has 3 heteroatoms. The number of rotatable bonds is 4. The first-order valence-corrected chi connectivity index (χ1v) is 4.92. The van der Waals surface area contributed by atoms with E-state index in [4.69, 9.17) is 15.3 Å².